The lowest BCUT2D eigenvalue weighted by atomic mass is 10.1. The summed E-state index contributed by atoms with van der Waals surface area (Å²) in [5.41, 5.74) is 1.80. The van der Waals surface area contributed by atoms with Gasteiger partial charge in [0.1, 0.15) is 6.54 Å². The number of fused-ring (bicyclic) bond motifs is 1. The van der Waals surface area contributed by atoms with Crippen molar-refractivity contribution in [1.29, 1.82) is 0 Å². The Bertz CT molecular complexity index is 853. The lowest BCUT2D eigenvalue weighted by molar-refractivity contribution is -0.885. The average molecular weight is 376 g/mol. The number of anilines is 1. The Hall–Kier alpha value is -2.57. The third kappa shape index (κ3) is 4.15. The maximum Gasteiger partial charge on any atom is 0.279 e. The predicted molar refractivity (Wildman–Crippen MR) is 98.1 cm³/mol. The molecule has 1 atom stereocenters. The van der Waals surface area contributed by atoms with Crippen LogP contribution >= 0.6 is 11.6 Å². The zero-order valence-electron chi connectivity index (χ0n) is 14.6. The van der Waals surface area contributed by atoms with Gasteiger partial charge in [0, 0.05) is 22.2 Å². The van der Waals surface area contributed by atoms with Crippen LogP contribution in [0.4, 0.5) is 5.69 Å². The molecule has 1 aliphatic heterocycles. The van der Waals surface area contributed by atoms with Crippen molar-refractivity contribution in [2.75, 3.05) is 25.7 Å². The van der Waals surface area contributed by atoms with Gasteiger partial charge in [-0.15, -0.1) is 0 Å². The van der Waals surface area contributed by atoms with Gasteiger partial charge in [-0.05, 0) is 19.1 Å². The molecule has 1 aliphatic rings. The van der Waals surface area contributed by atoms with E-state index in [4.69, 9.17) is 21.1 Å². The Morgan fingerprint density at radius 3 is 2.58 bits per heavy atom. The van der Waals surface area contributed by atoms with Gasteiger partial charge in [0.05, 0.1) is 12.7 Å². The number of amides is 1. The Balaban J connectivity index is 1.68. The first-order chi connectivity index (χ1) is 12.4. The van der Waals surface area contributed by atoms with Crippen molar-refractivity contribution in [2.45, 2.75) is 13.5 Å². The quantitative estimate of drug-likeness (QED) is 0.757. The van der Waals surface area contributed by atoms with Crippen molar-refractivity contribution in [2.24, 2.45) is 0 Å². The second-order valence-corrected chi connectivity index (χ2v) is 6.66. The predicted octanol–water partition coefficient (Wildman–Crippen LogP) is 1.92. The molecule has 0 spiro atoms. The molecule has 2 aromatic carbocycles. The minimum absolute atomic E-state index is 0.106. The van der Waals surface area contributed by atoms with E-state index in [0.29, 0.717) is 34.3 Å². The van der Waals surface area contributed by atoms with Gasteiger partial charge in [-0.25, -0.2) is 0 Å². The third-order valence-corrected chi connectivity index (χ3v) is 4.45. The molecule has 7 heteroatoms. The summed E-state index contributed by atoms with van der Waals surface area (Å²) in [4.78, 5) is 25.3. The number of hydrogen-bond donors (Lipinski definition) is 2. The first kappa shape index (κ1) is 18.2. The van der Waals surface area contributed by atoms with Crippen LogP contribution in [0, 0.1) is 0 Å². The van der Waals surface area contributed by atoms with Crippen molar-refractivity contribution < 1.29 is 24.0 Å². The van der Waals surface area contributed by atoms with E-state index >= 15 is 0 Å². The molecule has 2 N–H and O–H groups in total. The summed E-state index contributed by atoms with van der Waals surface area (Å²) >= 11 is 6.17. The second kappa shape index (κ2) is 7.76. The number of ether oxygens (including phenoxy) is 2. The molecular weight excluding hydrogens is 356 g/mol. The molecule has 0 saturated carbocycles. The van der Waals surface area contributed by atoms with Crippen LogP contribution in [0.25, 0.3) is 0 Å². The number of halogens is 1. The lowest BCUT2D eigenvalue weighted by Gasteiger charge is -2.16. The number of likely N-dealkylation sites (N-methyl/N-ethyl adjacent to an activating group) is 1. The van der Waals surface area contributed by atoms with E-state index in [1.165, 1.54) is 6.92 Å². The number of carbonyl (C=O) groups is 2. The number of rotatable bonds is 6. The molecule has 0 aromatic heterocycles. The summed E-state index contributed by atoms with van der Waals surface area (Å²) in [6.07, 6.45) is 0. The minimum atomic E-state index is -0.198. The molecule has 136 valence electrons. The van der Waals surface area contributed by atoms with Gasteiger partial charge < -0.3 is 19.7 Å². The molecule has 1 unspecified atom stereocenters. The van der Waals surface area contributed by atoms with E-state index in [2.05, 4.69) is 5.32 Å². The highest BCUT2D eigenvalue weighted by molar-refractivity contribution is 6.31. The molecule has 2 aromatic rings. The van der Waals surface area contributed by atoms with Gasteiger partial charge in [-0.2, -0.15) is 0 Å². The number of hydrogen-bond acceptors (Lipinski definition) is 4. The average Bonchev–Trinajstić information content (AvgIpc) is 3.03. The fourth-order valence-electron chi connectivity index (χ4n) is 2.83. The van der Waals surface area contributed by atoms with Crippen LogP contribution < -0.4 is 19.7 Å². The van der Waals surface area contributed by atoms with Crippen molar-refractivity contribution in [3.05, 3.63) is 52.5 Å². The molecule has 1 heterocycles. The minimum Gasteiger partial charge on any atom is -0.454 e. The second-order valence-electron chi connectivity index (χ2n) is 6.26. The van der Waals surface area contributed by atoms with Crippen LogP contribution in [-0.4, -0.2) is 32.1 Å². The molecule has 26 heavy (non-hydrogen) atoms. The van der Waals surface area contributed by atoms with Gasteiger partial charge in [0.15, 0.2) is 23.8 Å². The molecule has 0 bridgehead atoms. The molecule has 1 amide bonds. The number of Topliss-reactive ketones (excluding diaryl/α,β-unsaturated/α-hetero) is 1. The monoisotopic (exact) mass is 375 g/mol. The van der Waals surface area contributed by atoms with Crippen molar-refractivity contribution >= 4 is 29.0 Å². The van der Waals surface area contributed by atoms with Gasteiger partial charge in [0.25, 0.3) is 5.91 Å². The zero-order chi connectivity index (χ0) is 18.7. The van der Waals surface area contributed by atoms with Crippen LogP contribution in [0.5, 0.6) is 11.5 Å². The maximum absolute atomic E-state index is 12.4. The summed E-state index contributed by atoms with van der Waals surface area (Å²) in [6, 6.07) is 10.8. The van der Waals surface area contributed by atoms with Crippen molar-refractivity contribution in [3.63, 3.8) is 0 Å². The third-order valence-electron chi connectivity index (χ3n) is 4.08. The van der Waals surface area contributed by atoms with E-state index in [1.54, 1.807) is 12.1 Å². The largest absolute Gasteiger partial charge is 0.454 e. The Labute approximate surface area is 156 Å². The standard InChI is InChI=1S/C19H19ClN2O4/c1-12(23)14-7-17-18(26-11-25-17)8-16(14)21-19(24)10-22(2)9-13-5-3-4-6-15(13)20/h3-8H,9-11H2,1-2H3,(H,21,24)/p+1. The van der Waals surface area contributed by atoms with E-state index in [0.717, 1.165) is 10.5 Å². The normalized spacial score (nSPS) is 13.3. The maximum atomic E-state index is 12.4. The summed E-state index contributed by atoms with van der Waals surface area (Å²) < 4.78 is 10.6. The zero-order valence-corrected chi connectivity index (χ0v) is 15.4. The highest BCUT2D eigenvalue weighted by Crippen LogP contribution is 2.37. The van der Waals surface area contributed by atoms with Gasteiger partial charge >= 0.3 is 0 Å². The van der Waals surface area contributed by atoms with E-state index < -0.39 is 0 Å². The summed E-state index contributed by atoms with van der Waals surface area (Å²) in [7, 11) is 1.91. The van der Waals surface area contributed by atoms with E-state index in [-0.39, 0.29) is 25.0 Å². The van der Waals surface area contributed by atoms with Crippen molar-refractivity contribution in [1.82, 2.24) is 0 Å². The van der Waals surface area contributed by atoms with E-state index in [1.807, 2.05) is 31.3 Å². The first-order valence-corrected chi connectivity index (χ1v) is 8.61. The number of benzene rings is 2. The highest BCUT2D eigenvalue weighted by atomic mass is 35.5. The van der Waals surface area contributed by atoms with Gasteiger partial charge in [0.2, 0.25) is 6.79 Å². The Morgan fingerprint density at radius 1 is 1.19 bits per heavy atom. The molecular formula is C19H20ClN2O4+. The number of ketones is 1. The molecule has 3 rings (SSSR count). The molecule has 0 fully saturated rings. The SMILES string of the molecule is CC(=O)c1cc2c(cc1NC(=O)C[NH+](C)Cc1ccccc1Cl)OCO2. The lowest BCUT2D eigenvalue weighted by Crippen LogP contribution is -3.08. The first-order valence-electron chi connectivity index (χ1n) is 8.23. The Morgan fingerprint density at radius 2 is 1.88 bits per heavy atom. The summed E-state index contributed by atoms with van der Waals surface area (Å²) in [5, 5.41) is 3.49. The highest BCUT2D eigenvalue weighted by Gasteiger charge is 2.21. The number of quaternary nitrogens is 1. The van der Waals surface area contributed by atoms with Crippen LogP contribution in [0.15, 0.2) is 36.4 Å². The molecule has 6 nitrogen and oxygen atoms in total. The summed E-state index contributed by atoms with van der Waals surface area (Å²) in [6.45, 7) is 2.40. The topological polar surface area (TPSA) is 69.1 Å². The summed E-state index contributed by atoms with van der Waals surface area (Å²) in [5.74, 6) is 0.669. The van der Waals surface area contributed by atoms with Crippen LogP contribution in [0.2, 0.25) is 5.02 Å². The van der Waals surface area contributed by atoms with E-state index in [9.17, 15) is 9.59 Å². The fraction of sp³-hybridized carbons (Fsp3) is 0.263. The smallest absolute Gasteiger partial charge is 0.279 e. The molecule has 0 aliphatic carbocycles. The fourth-order valence-corrected chi connectivity index (χ4v) is 3.04. The van der Waals surface area contributed by atoms with Crippen molar-refractivity contribution in [3.8, 4) is 11.5 Å². The molecule has 0 saturated heterocycles. The Kier molecular flexibility index (Phi) is 5.44. The van der Waals surface area contributed by atoms with Gasteiger partial charge in [-0.1, -0.05) is 29.8 Å². The molecule has 0 radical (unpaired) electrons. The van der Waals surface area contributed by atoms with Crippen LogP contribution in [0.3, 0.4) is 0 Å². The number of carbonyl (C=O) groups excluding carboxylic acids is 2. The van der Waals surface area contributed by atoms with Crippen LogP contribution in [-0.2, 0) is 11.3 Å². The number of nitrogens with one attached hydrogen (secondary N) is 2. The van der Waals surface area contributed by atoms with Crippen LogP contribution in [0.1, 0.15) is 22.8 Å². The van der Waals surface area contributed by atoms with Gasteiger partial charge in [-0.3, -0.25) is 9.59 Å².